The smallest absolute Gasteiger partial charge is 0.337 e. The minimum Gasteiger partial charge on any atom is -0.861 e. The number of rotatable bonds is 8. The van der Waals surface area contributed by atoms with Crippen molar-refractivity contribution in [2.75, 3.05) is 6.61 Å². The minimum atomic E-state index is -5.67. The summed E-state index contributed by atoms with van der Waals surface area (Å²) in [5, 5.41) is 13.4. The number of hydrogen-bond donors (Lipinski definition) is 0. The quantitative estimate of drug-likeness (QED) is 0.0441. The SMILES string of the molecule is O=C(COC12CC3CC(C1)CC(/C([O-])=N/S(=O)(=O)c1c(F)c(F)c(F)c(F)c1F)(C3)C2)Oc1cc(I)c(S(=O)(=O)[O-])c(I)c1. The average molecular weight is 889 g/mol. The fourth-order valence-electron chi connectivity index (χ4n) is 6.87. The molecule has 0 spiro atoms. The number of carbonyl (C=O) groups excluding carboxylic acids is 1. The molecule has 4 fully saturated rings. The van der Waals surface area contributed by atoms with Crippen LogP contribution in [0.5, 0.6) is 5.75 Å². The van der Waals surface area contributed by atoms with Gasteiger partial charge in [-0.2, -0.15) is 12.8 Å². The lowest BCUT2D eigenvalue weighted by atomic mass is 9.47. The van der Waals surface area contributed by atoms with Crippen LogP contribution in [0.1, 0.15) is 38.5 Å². The fraction of sp³-hybridized carbons (Fsp3) is 0.440. The molecule has 0 N–H and O–H groups in total. The average Bonchev–Trinajstić information content (AvgIpc) is 2.87. The lowest BCUT2D eigenvalue weighted by molar-refractivity contribution is -0.255. The molecule has 0 aromatic heterocycles. The molecule has 0 saturated heterocycles. The van der Waals surface area contributed by atoms with Crippen LogP contribution in [0.4, 0.5) is 22.0 Å². The molecule has 4 aliphatic rings. The number of halogens is 7. The van der Waals surface area contributed by atoms with E-state index in [2.05, 4.69) is 4.40 Å². The maximum Gasteiger partial charge on any atom is 0.337 e. The van der Waals surface area contributed by atoms with Gasteiger partial charge in [-0.1, -0.05) is 0 Å². The molecule has 2 aromatic rings. The number of benzene rings is 2. The van der Waals surface area contributed by atoms with Gasteiger partial charge in [0.25, 0.3) is 10.0 Å². The molecule has 0 heterocycles. The van der Waals surface area contributed by atoms with Gasteiger partial charge in [0.2, 0.25) is 5.82 Å². The molecular formula is C25H18F5I2NO9S2-2. The van der Waals surface area contributed by atoms with Gasteiger partial charge in [-0.25, -0.2) is 35.2 Å². The first-order valence-electron chi connectivity index (χ1n) is 12.6. The molecule has 0 amide bonds. The van der Waals surface area contributed by atoms with Crippen LogP contribution >= 0.6 is 45.2 Å². The van der Waals surface area contributed by atoms with Crippen LogP contribution in [0.15, 0.2) is 26.3 Å². The van der Waals surface area contributed by atoms with Gasteiger partial charge in [0.15, 0.2) is 28.2 Å². The van der Waals surface area contributed by atoms with E-state index in [4.69, 9.17) is 9.47 Å². The lowest BCUT2D eigenvalue weighted by Crippen LogP contribution is -2.61. The molecule has 4 aliphatic carbocycles. The Morgan fingerprint density at radius 1 is 0.886 bits per heavy atom. The van der Waals surface area contributed by atoms with Crippen LogP contribution < -0.4 is 9.84 Å². The third kappa shape index (κ3) is 6.07. The van der Waals surface area contributed by atoms with Crippen LogP contribution in [-0.2, 0) is 29.7 Å². The third-order valence-electron chi connectivity index (χ3n) is 8.04. The Kier molecular flexibility index (Phi) is 8.82. The molecule has 2 aromatic carbocycles. The summed E-state index contributed by atoms with van der Waals surface area (Å²) in [7, 11) is -10.5. The van der Waals surface area contributed by atoms with Gasteiger partial charge in [0.1, 0.15) is 22.5 Å². The highest BCUT2D eigenvalue weighted by molar-refractivity contribution is 14.1. The number of sulfonamides is 1. The largest absolute Gasteiger partial charge is 0.861 e. The van der Waals surface area contributed by atoms with E-state index >= 15 is 0 Å². The molecule has 44 heavy (non-hydrogen) atoms. The summed E-state index contributed by atoms with van der Waals surface area (Å²) in [6.07, 6.45) is 1.59. The van der Waals surface area contributed by atoms with E-state index in [0.717, 1.165) is 0 Å². The predicted molar refractivity (Wildman–Crippen MR) is 152 cm³/mol. The fourth-order valence-corrected chi connectivity index (χ4v) is 11.9. The van der Waals surface area contributed by atoms with Gasteiger partial charge in [-0.05, 0) is 114 Å². The van der Waals surface area contributed by atoms with Crippen LogP contribution in [0, 0.1) is 53.5 Å². The first kappa shape index (κ1) is 33.7. The van der Waals surface area contributed by atoms with Gasteiger partial charge < -0.3 is 19.1 Å². The first-order valence-corrected chi connectivity index (χ1v) is 17.6. The molecule has 6 rings (SSSR count). The number of ether oxygens (including phenoxy) is 2. The van der Waals surface area contributed by atoms with Crippen molar-refractivity contribution < 1.29 is 62.7 Å². The summed E-state index contributed by atoms with van der Waals surface area (Å²) in [6, 6.07) is 2.35. The molecule has 10 nitrogen and oxygen atoms in total. The normalized spacial score (nSPS) is 26.7. The van der Waals surface area contributed by atoms with E-state index < -0.39 is 88.5 Å². The van der Waals surface area contributed by atoms with Crippen molar-refractivity contribution in [2.24, 2.45) is 21.6 Å². The highest BCUT2D eigenvalue weighted by atomic mass is 127. The Labute approximate surface area is 274 Å². The van der Waals surface area contributed by atoms with E-state index in [1.165, 1.54) is 12.1 Å². The second-order valence-corrected chi connectivity index (χ2v) is 16.3. The Morgan fingerprint density at radius 2 is 1.39 bits per heavy atom. The Morgan fingerprint density at radius 3 is 1.89 bits per heavy atom. The van der Waals surface area contributed by atoms with E-state index in [9.17, 15) is 53.2 Å². The number of nitrogens with zero attached hydrogens (tertiary/aromatic N) is 1. The predicted octanol–water partition coefficient (Wildman–Crippen LogP) is 3.90. The van der Waals surface area contributed by atoms with Crippen LogP contribution in [0.2, 0.25) is 0 Å². The van der Waals surface area contributed by atoms with E-state index in [1.54, 1.807) is 45.2 Å². The van der Waals surface area contributed by atoms with Crippen molar-refractivity contribution in [2.45, 2.75) is 53.9 Å². The highest BCUT2D eigenvalue weighted by Gasteiger charge is 2.59. The summed E-state index contributed by atoms with van der Waals surface area (Å²) in [5.41, 5.74) is -2.59. The zero-order chi connectivity index (χ0) is 32.6. The summed E-state index contributed by atoms with van der Waals surface area (Å²) in [4.78, 5) is 9.96. The third-order valence-corrected chi connectivity index (χ3v) is 12.7. The topological polar surface area (TPSA) is 162 Å². The van der Waals surface area contributed by atoms with E-state index in [-0.39, 0.29) is 44.0 Å². The van der Waals surface area contributed by atoms with Gasteiger partial charge in [0.05, 0.1) is 10.5 Å². The van der Waals surface area contributed by atoms with Gasteiger partial charge in [0, 0.05) is 12.6 Å². The number of esters is 1. The monoisotopic (exact) mass is 889 g/mol. The lowest BCUT2D eigenvalue weighted by Gasteiger charge is -2.62. The van der Waals surface area contributed by atoms with E-state index in [1.807, 2.05) is 0 Å². The molecule has 19 heteroatoms. The summed E-state index contributed by atoms with van der Waals surface area (Å²) >= 11 is 3.22. The Balaban J connectivity index is 1.37. The summed E-state index contributed by atoms with van der Waals surface area (Å²) in [6.45, 7) is -0.627. The maximum absolute atomic E-state index is 14.2. The van der Waals surface area contributed by atoms with Crippen molar-refractivity contribution in [3.63, 3.8) is 0 Å². The van der Waals surface area contributed by atoms with Crippen molar-refractivity contribution in [1.82, 2.24) is 0 Å². The molecule has 240 valence electrons. The van der Waals surface area contributed by atoms with Crippen molar-refractivity contribution >= 4 is 77.2 Å². The maximum atomic E-state index is 14.2. The molecule has 4 saturated carbocycles. The standard InChI is InChI=1S/C25H20F5I2NO9S2/c26-16-17(27)19(29)22(20(30)18(16)28)43(36,37)33-23(35)24-4-10-1-11(5-24)7-25(6-10,9-24)41-8-15(34)42-12-2-13(31)21(14(32)3-12)44(38,39)40/h2-3,10-11H,1,4-9H2,(H,33,35)(H,38,39,40)/p-2. The molecule has 0 radical (unpaired) electrons. The Bertz CT molecular complexity index is 1770. The molecular weight excluding hydrogens is 871 g/mol. The summed E-state index contributed by atoms with van der Waals surface area (Å²) in [5.74, 6) is -15.5. The molecule has 0 aliphatic heterocycles. The number of carbonyl (C=O) groups is 1. The second-order valence-electron chi connectivity index (χ2n) is 11.1. The van der Waals surface area contributed by atoms with E-state index in [0.29, 0.717) is 19.3 Å². The highest BCUT2D eigenvalue weighted by Crippen LogP contribution is 2.63. The molecule has 2 atom stereocenters. The Hall–Kier alpha value is -1.69. The summed E-state index contributed by atoms with van der Waals surface area (Å²) < 4.78 is 143. The second kappa shape index (κ2) is 11.5. The van der Waals surface area contributed by atoms with Gasteiger partial charge >= 0.3 is 5.97 Å². The van der Waals surface area contributed by atoms with Crippen molar-refractivity contribution in [3.8, 4) is 5.75 Å². The van der Waals surface area contributed by atoms with Gasteiger partial charge in [-0.15, -0.1) is 0 Å². The first-order chi connectivity index (χ1) is 20.3. The zero-order valence-electron chi connectivity index (χ0n) is 21.8. The van der Waals surface area contributed by atoms with Crippen LogP contribution in [-0.4, -0.2) is 45.5 Å². The van der Waals surface area contributed by atoms with Crippen molar-refractivity contribution in [1.29, 1.82) is 0 Å². The van der Waals surface area contributed by atoms with Crippen molar-refractivity contribution in [3.05, 3.63) is 48.4 Å². The number of hydrogen-bond acceptors (Lipinski definition) is 9. The van der Waals surface area contributed by atoms with Crippen LogP contribution in [0.3, 0.4) is 0 Å². The van der Waals surface area contributed by atoms with Gasteiger partial charge in [-0.3, -0.25) is 0 Å². The zero-order valence-corrected chi connectivity index (χ0v) is 27.8. The molecule has 2 unspecified atom stereocenters. The minimum absolute atomic E-state index is 0.0272. The van der Waals surface area contributed by atoms with Crippen LogP contribution in [0.25, 0.3) is 0 Å². The molecule has 4 bridgehead atoms.